The predicted molar refractivity (Wildman–Crippen MR) is 111 cm³/mol. The molecule has 1 fully saturated rings. The third-order valence-corrected chi connectivity index (χ3v) is 5.18. The van der Waals surface area contributed by atoms with E-state index in [-0.39, 0.29) is 29.9 Å². The lowest BCUT2D eigenvalue weighted by molar-refractivity contribution is 0.0893. The summed E-state index contributed by atoms with van der Waals surface area (Å²) in [7, 11) is 0. The summed E-state index contributed by atoms with van der Waals surface area (Å²) >= 11 is 5.95. The van der Waals surface area contributed by atoms with Crippen molar-refractivity contribution in [2.75, 3.05) is 13.1 Å². The minimum absolute atomic E-state index is 0. The molecule has 0 aliphatic carbocycles. The highest BCUT2D eigenvalue weighted by molar-refractivity contribution is 6.29. The molecule has 154 valence electrons. The van der Waals surface area contributed by atoms with E-state index < -0.39 is 23.9 Å². The van der Waals surface area contributed by atoms with E-state index in [9.17, 15) is 13.6 Å². The Morgan fingerprint density at radius 1 is 1.38 bits per heavy atom. The lowest BCUT2D eigenvalue weighted by Gasteiger charge is -2.27. The summed E-state index contributed by atoms with van der Waals surface area (Å²) in [4.78, 5) is 16.8. The second-order valence-electron chi connectivity index (χ2n) is 6.88. The van der Waals surface area contributed by atoms with Crippen LogP contribution in [0, 0.1) is 5.82 Å². The third kappa shape index (κ3) is 4.52. The quantitative estimate of drug-likeness (QED) is 0.607. The molecule has 1 aromatic carbocycles. The van der Waals surface area contributed by atoms with Crippen molar-refractivity contribution >= 4 is 40.8 Å². The number of amides is 1. The molecule has 1 aliphatic heterocycles. The number of nitrogens with one attached hydrogen (secondary N) is 2. The molecule has 2 aromatic heterocycles. The Balaban J connectivity index is 0.00000240. The van der Waals surface area contributed by atoms with E-state index in [0.29, 0.717) is 30.2 Å². The van der Waals surface area contributed by atoms with Crippen molar-refractivity contribution in [3.05, 3.63) is 64.8 Å². The molecule has 3 heterocycles. The maximum Gasteiger partial charge on any atom is 0.253 e. The van der Waals surface area contributed by atoms with E-state index in [4.69, 9.17) is 11.6 Å². The highest BCUT2D eigenvalue weighted by Gasteiger charge is 2.28. The molecule has 0 spiro atoms. The van der Waals surface area contributed by atoms with Crippen LogP contribution in [0.3, 0.4) is 0 Å². The van der Waals surface area contributed by atoms with Gasteiger partial charge in [0.2, 0.25) is 0 Å². The predicted octanol–water partition coefficient (Wildman–Crippen LogP) is 3.73. The standard InChI is InChI=1S/C20H19ClF2N4O.ClH/c21-18-8-12(4-7-25-18)10-27-11-13(19-14(22)2-1-3-17(19)27)20(28)26-16-5-6-24-9-15(16)23;/h1-4,7-8,11,15-16,24H,5-6,9-10H2,(H,26,28);1H/t15-,16+;/m1./s1. The SMILES string of the molecule is Cl.O=C(N[C@H]1CCNC[C@H]1F)c1cn(Cc2ccnc(Cl)c2)c2cccc(F)c12. The molecule has 1 saturated heterocycles. The topological polar surface area (TPSA) is 59.0 Å². The second-order valence-corrected chi connectivity index (χ2v) is 7.27. The highest BCUT2D eigenvalue weighted by atomic mass is 35.5. The van der Waals surface area contributed by atoms with Crippen molar-refractivity contribution in [1.29, 1.82) is 0 Å². The zero-order valence-corrected chi connectivity index (χ0v) is 16.9. The van der Waals surface area contributed by atoms with E-state index in [1.165, 1.54) is 6.07 Å². The van der Waals surface area contributed by atoms with Gasteiger partial charge in [0.25, 0.3) is 5.91 Å². The van der Waals surface area contributed by atoms with E-state index in [1.54, 1.807) is 41.2 Å². The fraction of sp³-hybridized carbons (Fsp3) is 0.300. The molecule has 5 nitrogen and oxygen atoms in total. The number of halogens is 4. The van der Waals surface area contributed by atoms with Gasteiger partial charge in [0.15, 0.2) is 0 Å². The van der Waals surface area contributed by atoms with Gasteiger partial charge in [0.05, 0.1) is 17.1 Å². The van der Waals surface area contributed by atoms with Crippen molar-refractivity contribution in [3.8, 4) is 0 Å². The van der Waals surface area contributed by atoms with Gasteiger partial charge in [-0.2, -0.15) is 0 Å². The first-order valence-corrected chi connectivity index (χ1v) is 9.44. The molecular formula is C20H20Cl2F2N4O. The number of piperidine rings is 1. The van der Waals surface area contributed by atoms with Crippen LogP contribution in [-0.2, 0) is 6.54 Å². The van der Waals surface area contributed by atoms with Crippen molar-refractivity contribution in [3.63, 3.8) is 0 Å². The molecule has 0 unspecified atom stereocenters. The van der Waals surface area contributed by atoms with Crippen LogP contribution in [-0.4, -0.2) is 40.8 Å². The number of benzene rings is 1. The number of pyridine rings is 1. The molecule has 29 heavy (non-hydrogen) atoms. The third-order valence-electron chi connectivity index (χ3n) is 4.97. The molecular weight excluding hydrogens is 421 g/mol. The van der Waals surface area contributed by atoms with E-state index in [2.05, 4.69) is 15.6 Å². The van der Waals surface area contributed by atoms with Crippen LogP contribution in [0.15, 0.2) is 42.7 Å². The minimum atomic E-state index is -1.17. The van der Waals surface area contributed by atoms with E-state index >= 15 is 0 Å². The van der Waals surface area contributed by atoms with Gasteiger partial charge in [-0.25, -0.2) is 13.8 Å². The summed E-state index contributed by atoms with van der Waals surface area (Å²) in [6.07, 6.45) is 2.51. The average molecular weight is 441 g/mol. The van der Waals surface area contributed by atoms with Crippen LogP contribution in [0.2, 0.25) is 5.15 Å². The van der Waals surface area contributed by atoms with Gasteiger partial charge >= 0.3 is 0 Å². The maximum atomic E-state index is 14.6. The normalized spacial score (nSPS) is 19.0. The smallest absolute Gasteiger partial charge is 0.253 e. The number of fused-ring (bicyclic) bond motifs is 1. The van der Waals surface area contributed by atoms with Gasteiger partial charge < -0.3 is 15.2 Å². The van der Waals surface area contributed by atoms with Crippen LogP contribution in [0.25, 0.3) is 10.9 Å². The summed E-state index contributed by atoms with van der Waals surface area (Å²) in [6.45, 7) is 1.22. The van der Waals surface area contributed by atoms with Crippen molar-refractivity contribution < 1.29 is 13.6 Å². The van der Waals surface area contributed by atoms with Gasteiger partial charge in [-0.3, -0.25) is 4.79 Å². The summed E-state index contributed by atoms with van der Waals surface area (Å²) in [5, 5.41) is 6.26. The zero-order chi connectivity index (χ0) is 19.7. The van der Waals surface area contributed by atoms with Crippen molar-refractivity contribution in [2.24, 2.45) is 0 Å². The van der Waals surface area contributed by atoms with Gasteiger partial charge in [0, 0.05) is 30.9 Å². The van der Waals surface area contributed by atoms with Crippen LogP contribution in [0.5, 0.6) is 0 Å². The molecule has 1 aliphatic rings. The Hall–Kier alpha value is -2.22. The average Bonchev–Trinajstić information content (AvgIpc) is 3.04. The molecule has 2 atom stereocenters. The van der Waals surface area contributed by atoms with Crippen LogP contribution < -0.4 is 10.6 Å². The molecule has 4 rings (SSSR count). The van der Waals surface area contributed by atoms with Crippen molar-refractivity contribution in [1.82, 2.24) is 20.2 Å². The highest BCUT2D eigenvalue weighted by Crippen LogP contribution is 2.26. The number of alkyl halides is 1. The van der Waals surface area contributed by atoms with Gasteiger partial charge in [0.1, 0.15) is 17.1 Å². The molecule has 0 bridgehead atoms. The van der Waals surface area contributed by atoms with E-state index in [0.717, 1.165) is 5.56 Å². The maximum absolute atomic E-state index is 14.6. The summed E-state index contributed by atoms with van der Waals surface area (Å²) in [5.74, 6) is -0.965. The first-order valence-electron chi connectivity index (χ1n) is 9.06. The summed E-state index contributed by atoms with van der Waals surface area (Å²) in [6, 6.07) is 7.60. The molecule has 9 heteroatoms. The number of carbonyl (C=O) groups excluding carboxylic acids is 1. The minimum Gasteiger partial charge on any atom is -0.346 e. The number of rotatable bonds is 4. The Bertz CT molecular complexity index is 1030. The van der Waals surface area contributed by atoms with Crippen LogP contribution in [0.4, 0.5) is 8.78 Å². The number of aromatic nitrogens is 2. The van der Waals surface area contributed by atoms with Gasteiger partial charge in [-0.05, 0) is 42.8 Å². The first kappa shape index (κ1) is 21.5. The number of carbonyl (C=O) groups is 1. The second kappa shape index (κ2) is 9.07. The first-order chi connectivity index (χ1) is 13.5. The van der Waals surface area contributed by atoms with Crippen molar-refractivity contribution in [2.45, 2.75) is 25.2 Å². The molecule has 1 amide bonds. The van der Waals surface area contributed by atoms with Crippen LogP contribution >= 0.6 is 24.0 Å². The van der Waals surface area contributed by atoms with E-state index in [1.807, 2.05) is 0 Å². The fourth-order valence-corrected chi connectivity index (χ4v) is 3.78. The molecule has 0 radical (unpaired) electrons. The Morgan fingerprint density at radius 2 is 2.21 bits per heavy atom. The summed E-state index contributed by atoms with van der Waals surface area (Å²) in [5.41, 5.74) is 1.65. The molecule has 2 N–H and O–H groups in total. The Morgan fingerprint density at radius 3 is 2.97 bits per heavy atom. The number of hydrogen-bond donors (Lipinski definition) is 2. The largest absolute Gasteiger partial charge is 0.346 e. The lowest BCUT2D eigenvalue weighted by Crippen LogP contribution is -2.50. The summed E-state index contributed by atoms with van der Waals surface area (Å²) < 4.78 is 30.4. The Labute approximate surface area is 177 Å². The Kier molecular flexibility index (Phi) is 6.72. The molecule has 0 saturated carbocycles. The molecule has 3 aromatic rings. The fourth-order valence-electron chi connectivity index (χ4n) is 3.58. The van der Waals surface area contributed by atoms with Gasteiger partial charge in [-0.15, -0.1) is 12.4 Å². The zero-order valence-electron chi connectivity index (χ0n) is 15.4. The number of hydrogen-bond acceptors (Lipinski definition) is 3. The van der Waals surface area contributed by atoms with Crippen LogP contribution in [0.1, 0.15) is 22.3 Å². The lowest BCUT2D eigenvalue weighted by atomic mass is 10.0. The monoisotopic (exact) mass is 440 g/mol. The van der Waals surface area contributed by atoms with Gasteiger partial charge in [-0.1, -0.05) is 17.7 Å². The number of nitrogens with zero attached hydrogens (tertiary/aromatic N) is 2.